The molecule has 3 heteroatoms. The molecule has 2 atom stereocenters. The highest BCUT2D eigenvalue weighted by Crippen LogP contribution is 2.15. The van der Waals surface area contributed by atoms with Crippen LogP contribution in [0, 0.1) is 0 Å². The molecule has 110 valence electrons. The number of aliphatic hydroxyl groups excluding tert-OH is 1. The maximum Gasteiger partial charge on any atom is 0.106 e. The van der Waals surface area contributed by atoms with Crippen molar-refractivity contribution >= 4 is 6.21 Å². The molecule has 0 aromatic heterocycles. The second-order valence-corrected chi connectivity index (χ2v) is 5.39. The molecule has 0 saturated carbocycles. The zero-order valence-electron chi connectivity index (χ0n) is 12.6. The van der Waals surface area contributed by atoms with Gasteiger partial charge in [-0.15, -0.1) is 0 Å². The van der Waals surface area contributed by atoms with Gasteiger partial charge in [0.25, 0.3) is 0 Å². The van der Waals surface area contributed by atoms with Crippen molar-refractivity contribution < 1.29 is 5.11 Å². The van der Waals surface area contributed by atoms with Crippen LogP contribution in [-0.4, -0.2) is 35.2 Å². The van der Waals surface area contributed by atoms with Crippen LogP contribution in [0.15, 0.2) is 17.1 Å². The maximum absolute atomic E-state index is 9.59. The minimum atomic E-state index is -0.393. The van der Waals surface area contributed by atoms with Gasteiger partial charge in [-0.1, -0.05) is 44.8 Å². The molecule has 1 rings (SSSR count). The van der Waals surface area contributed by atoms with Gasteiger partial charge in [-0.2, -0.15) is 0 Å². The van der Waals surface area contributed by atoms with Gasteiger partial charge in [-0.05, 0) is 32.6 Å². The first kappa shape index (κ1) is 16.4. The van der Waals surface area contributed by atoms with Crippen LogP contribution >= 0.6 is 0 Å². The van der Waals surface area contributed by atoms with Gasteiger partial charge < -0.3 is 5.11 Å². The van der Waals surface area contributed by atoms with Gasteiger partial charge in [0.2, 0.25) is 0 Å². The normalized spacial score (nSPS) is 21.5. The fourth-order valence-electron chi connectivity index (χ4n) is 2.46. The topological polar surface area (TPSA) is 35.8 Å². The Kier molecular flexibility index (Phi) is 8.76. The SMILES string of the molecule is CCCCCCC/C=C/CCC1N=CCN1C(C)O. The van der Waals surface area contributed by atoms with Crippen LogP contribution in [-0.2, 0) is 0 Å². The molecule has 0 aromatic carbocycles. The molecular weight excluding hydrogens is 236 g/mol. The number of rotatable bonds is 10. The first-order valence-corrected chi connectivity index (χ1v) is 7.86. The molecule has 1 N–H and O–H groups in total. The average Bonchev–Trinajstić information content (AvgIpc) is 2.85. The fourth-order valence-corrected chi connectivity index (χ4v) is 2.46. The molecule has 0 spiro atoms. The third-order valence-corrected chi connectivity index (χ3v) is 3.67. The van der Waals surface area contributed by atoms with E-state index in [1.54, 1.807) is 0 Å². The third kappa shape index (κ3) is 6.88. The molecule has 1 heterocycles. The highest BCUT2D eigenvalue weighted by molar-refractivity contribution is 5.62. The first-order chi connectivity index (χ1) is 9.25. The van der Waals surface area contributed by atoms with Crippen LogP contribution in [0.25, 0.3) is 0 Å². The molecular formula is C16H30N2O. The minimum Gasteiger partial charge on any atom is -0.379 e. The summed E-state index contributed by atoms with van der Waals surface area (Å²) in [5.74, 6) is 0. The van der Waals surface area contributed by atoms with Crippen molar-refractivity contribution in [2.24, 2.45) is 4.99 Å². The lowest BCUT2D eigenvalue weighted by atomic mass is 10.1. The molecule has 0 radical (unpaired) electrons. The molecule has 0 bridgehead atoms. The van der Waals surface area contributed by atoms with E-state index in [0.717, 1.165) is 19.4 Å². The highest BCUT2D eigenvalue weighted by atomic mass is 16.3. The van der Waals surface area contributed by atoms with E-state index < -0.39 is 6.23 Å². The van der Waals surface area contributed by atoms with Gasteiger partial charge in [0, 0.05) is 12.8 Å². The van der Waals surface area contributed by atoms with Crippen LogP contribution in [0.4, 0.5) is 0 Å². The van der Waals surface area contributed by atoms with Crippen molar-refractivity contribution in [1.29, 1.82) is 0 Å². The predicted octanol–water partition coefficient (Wildman–Crippen LogP) is 3.73. The second kappa shape index (κ2) is 10.2. The van der Waals surface area contributed by atoms with E-state index in [9.17, 15) is 5.11 Å². The summed E-state index contributed by atoms with van der Waals surface area (Å²) in [5, 5.41) is 9.59. The lowest BCUT2D eigenvalue weighted by Gasteiger charge is -2.25. The van der Waals surface area contributed by atoms with Crippen molar-refractivity contribution in [3.05, 3.63) is 12.2 Å². The zero-order valence-corrected chi connectivity index (χ0v) is 12.6. The summed E-state index contributed by atoms with van der Waals surface area (Å²) >= 11 is 0. The van der Waals surface area contributed by atoms with Crippen molar-refractivity contribution in [3.63, 3.8) is 0 Å². The Balaban J connectivity index is 2.02. The van der Waals surface area contributed by atoms with E-state index in [-0.39, 0.29) is 6.17 Å². The van der Waals surface area contributed by atoms with Crippen molar-refractivity contribution in [2.45, 2.75) is 77.6 Å². The Bertz CT molecular complexity index is 274. The Morgan fingerprint density at radius 2 is 2.00 bits per heavy atom. The van der Waals surface area contributed by atoms with Gasteiger partial charge in [0.15, 0.2) is 0 Å². The van der Waals surface area contributed by atoms with E-state index >= 15 is 0 Å². The Morgan fingerprint density at radius 1 is 1.26 bits per heavy atom. The summed E-state index contributed by atoms with van der Waals surface area (Å²) in [4.78, 5) is 6.44. The summed E-state index contributed by atoms with van der Waals surface area (Å²) in [6.07, 6.45) is 16.3. The number of unbranched alkanes of at least 4 members (excludes halogenated alkanes) is 5. The maximum atomic E-state index is 9.59. The van der Waals surface area contributed by atoms with Crippen LogP contribution in [0.3, 0.4) is 0 Å². The fraction of sp³-hybridized carbons (Fsp3) is 0.812. The monoisotopic (exact) mass is 266 g/mol. The van der Waals surface area contributed by atoms with Gasteiger partial charge >= 0.3 is 0 Å². The molecule has 0 saturated heterocycles. The third-order valence-electron chi connectivity index (χ3n) is 3.67. The largest absolute Gasteiger partial charge is 0.379 e. The zero-order chi connectivity index (χ0) is 13.9. The van der Waals surface area contributed by atoms with E-state index in [1.807, 2.05) is 18.0 Å². The van der Waals surface area contributed by atoms with Crippen LogP contribution in [0.5, 0.6) is 0 Å². The molecule has 19 heavy (non-hydrogen) atoms. The summed E-state index contributed by atoms with van der Waals surface area (Å²) in [5.41, 5.74) is 0. The summed E-state index contributed by atoms with van der Waals surface area (Å²) in [7, 11) is 0. The predicted molar refractivity (Wildman–Crippen MR) is 82.4 cm³/mol. The highest BCUT2D eigenvalue weighted by Gasteiger charge is 2.23. The van der Waals surface area contributed by atoms with Crippen molar-refractivity contribution in [2.75, 3.05) is 6.54 Å². The molecule has 0 aromatic rings. The second-order valence-electron chi connectivity index (χ2n) is 5.39. The number of hydrogen-bond acceptors (Lipinski definition) is 3. The number of nitrogens with zero attached hydrogens (tertiary/aromatic N) is 2. The molecule has 0 amide bonds. The quantitative estimate of drug-likeness (QED) is 0.483. The van der Waals surface area contributed by atoms with Crippen molar-refractivity contribution in [1.82, 2.24) is 4.90 Å². The smallest absolute Gasteiger partial charge is 0.106 e. The van der Waals surface area contributed by atoms with Crippen LogP contribution in [0.2, 0.25) is 0 Å². The molecule has 1 aliphatic rings. The summed E-state index contributed by atoms with van der Waals surface area (Å²) in [6, 6.07) is 0. The first-order valence-electron chi connectivity index (χ1n) is 7.86. The molecule has 0 fully saturated rings. The Hall–Kier alpha value is -0.670. The van der Waals surface area contributed by atoms with E-state index in [2.05, 4.69) is 24.1 Å². The van der Waals surface area contributed by atoms with E-state index in [4.69, 9.17) is 0 Å². The Morgan fingerprint density at radius 3 is 2.74 bits per heavy atom. The lowest BCUT2D eigenvalue weighted by Crippen LogP contribution is -2.37. The van der Waals surface area contributed by atoms with Crippen LogP contribution in [0.1, 0.15) is 65.2 Å². The summed E-state index contributed by atoms with van der Waals surface area (Å²) < 4.78 is 0. The van der Waals surface area contributed by atoms with Gasteiger partial charge in [-0.3, -0.25) is 9.89 Å². The van der Waals surface area contributed by atoms with E-state index in [0.29, 0.717) is 0 Å². The minimum absolute atomic E-state index is 0.175. The molecule has 1 aliphatic heterocycles. The number of aliphatic hydroxyl groups is 1. The molecule has 2 unspecified atom stereocenters. The van der Waals surface area contributed by atoms with Gasteiger partial charge in [0.1, 0.15) is 12.4 Å². The van der Waals surface area contributed by atoms with E-state index in [1.165, 1.54) is 38.5 Å². The summed E-state index contributed by atoms with van der Waals surface area (Å²) in [6.45, 7) is 4.85. The molecule has 0 aliphatic carbocycles. The van der Waals surface area contributed by atoms with Gasteiger partial charge in [0.05, 0.1) is 0 Å². The standard InChI is InChI=1S/C16H30N2O/c1-3-4-5-6-7-8-9-10-11-12-16-17-13-14-18(16)15(2)19/h9-10,13,15-16,19H,3-8,11-12,14H2,1-2H3/b10-9+. The average molecular weight is 266 g/mol. The molecule has 3 nitrogen and oxygen atoms in total. The number of allylic oxidation sites excluding steroid dienone is 2. The van der Waals surface area contributed by atoms with Crippen molar-refractivity contribution in [3.8, 4) is 0 Å². The Labute approximate surface area is 118 Å². The van der Waals surface area contributed by atoms with Gasteiger partial charge in [-0.25, -0.2) is 0 Å². The lowest BCUT2D eigenvalue weighted by molar-refractivity contribution is 0.00797. The number of hydrogen-bond donors (Lipinski definition) is 1. The van der Waals surface area contributed by atoms with Crippen LogP contribution < -0.4 is 0 Å². The number of aliphatic imine (C=N–C) groups is 1.